The van der Waals surface area contributed by atoms with Crippen LogP contribution in [0.15, 0.2) is 28.7 Å². The first-order valence-electron chi connectivity index (χ1n) is 6.99. The SMILES string of the molecule is CC(=O)N1CCC[C@H](c2nnc(-c3ccccc3F)o2)C1. The van der Waals surface area contributed by atoms with Crippen LogP contribution in [0.25, 0.3) is 11.5 Å². The van der Waals surface area contributed by atoms with E-state index < -0.39 is 0 Å². The number of benzene rings is 1. The molecule has 6 heteroatoms. The summed E-state index contributed by atoms with van der Waals surface area (Å²) in [6.45, 7) is 2.90. The molecule has 110 valence electrons. The van der Waals surface area contributed by atoms with Gasteiger partial charge in [-0.1, -0.05) is 12.1 Å². The lowest BCUT2D eigenvalue weighted by Crippen LogP contribution is -2.37. The second kappa shape index (κ2) is 5.63. The van der Waals surface area contributed by atoms with Crippen molar-refractivity contribution in [2.45, 2.75) is 25.7 Å². The highest BCUT2D eigenvalue weighted by molar-refractivity contribution is 5.73. The summed E-state index contributed by atoms with van der Waals surface area (Å²) < 4.78 is 19.3. The third-order valence-electron chi connectivity index (χ3n) is 3.76. The van der Waals surface area contributed by atoms with Crippen LogP contribution in [0.1, 0.15) is 31.6 Å². The predicted octanol–water partition coefficient (Wildman–Crippen LogP) is 2.60. The first-order chi connectivity index (χ1) is 10.1. The average molecular weight is 289 g/mol. The highest BCUT2D eigenvalue weighted by Gasteiger charge is 2.27. The molecule has 1 aliphatic heterocycles. The van der Waals surface area contributed by atoms with E-state index in [0.29, 0.717) is 18.0 Å². The number of rotatable bonds is 2. The van der Waals surface area contributed by atoms with Crippen molar-refractivity contribution in [2.75, 3.05) is 13.1 Å². The van der Waals surface area contributed by atoms with Gasteiger partial charge in [0.2, 0.25) is 11.8 Å². The van der Waals surface area contributed by atoms with Crippen molar-refractivity contribution in [3.05, 3.63) is 36.0 Å². The Balaban J connectivity index is 1.82. The van der Waals surface area contributed by atoms with Crippen LogP contribution in [-0.4, -0.2) is 34.1 Å². The Morgan fingerprint density at radius 3 is 2.95 bits per heavy atom. The summed E-state index contributed by atoms with van der Waals surface area (Å²) in [5.74, 6) is 0.341. The second-order valence-electron chi connectivity index (χ2n) is 5.23. The molecule has 0 unspecified atom stereocenters. The molecule has 0 saturated carbocycles. The molecular formula is C15H16FN3O2. The van der Waals surface area contributed by atoms with E-state index in [9.17, 15) is 9.18 Å². The number of amides is 1. The van der Waals surface area contributed by atoms with Gasteiger partial charge in [-0.15, -0.1) is 10.2 Å². The zero-order chi connectivity index (χ0) is 14.8. The van der Waals surface area contributed by atoms with Crippen LogP contribution >= 0.6 is 0 Å². The fourth-order valence-electron chi connectivity index (χ4n) is 2.61. The van der Waals surface area contributed by atoms with Gasteiger partial charge in [-0.05, 0) is 25.0 Å². The number of likely N-dealkylation sites (tertiary alicyclic amines) is 1. The molecule has 0 bridgehead atoms. The van der Waals surface area contributed by atoms with Crippen molar-refractivity contribution in [3.63, 3.8) is 0 Å². The second-order valence-corrected chi connectivity index (χ2v) is 5.23. The molecule has 1 atom stereocenters. The van der Waals surface area contributed by atoms with Crippen LogP contribution in [0.3, 0.4) is 0 Å². The fraction of sp³-hybridized carbons (Fsp3) is 0.400. The van der Waals surface area contributed by atoms with E-state index in [4.69, 9.17) is 4.42 Å². The first kappa shape index (κ1) is 13.7. The summed E-state index contributed by atoms with van der Waals surface area (Å²) in [7, 11) is 0. The molecular weight excluding hydrogens is 273 g/mol. The van der Waals surface area contributed by atoms with Gasteiger partial charge in [0.25, 0.3) is 5.89 Å². The maximum Gasteiger partial charge on any atom is 0.250 e. The summed E-state index contributed by atoms with van der Waals surface area (Å²) in [5, 5.41) is 7.96. The molecule has 0 aliphatic carbocycles. The molecule has 0 spiro atoms. The molecule has 0 N–H and O–H groups in total. The Morgan fingerprint density at radius 2 is 2.19 bits per heavy atom. The fourth-order valence-corrected chi connectivity index (χ4v) is 2.61. The molecule has 1 fully saturated rings. The number of aromatic nitrogens is 2. The topological polar surface area (TPSA) is 59.2 Å². The number of carbonyl (C=O) groups excluding carboxylic acids is 1. The summed E-state index contributed by atoms with van der Waals surface area (Å²) in [5.41, 5.74) is 0.301. The summed E-state index contributed by atoms with van der Waals surface area (Å²) in [4.78, 5) is 13.2. The Kier molecular flexibility index (Phi) is 3.68. The summed E-state index contributed by atoms with van der Waals surface area (Å²) in [6.07, 6.45) is 1.80. The third-order valence-corrected chi connectivity index (χ3v) is 3.76. The number of halogens is 1. The van der Waals surface area contributed by atoms with E-state index in [1.807, 2.05) is 0 Å². The Labute approximate surface area is 121 Å². The van der Waals surface area contributed by atoms with Gasteiger partial charge in [0, 0.05) is 20.0 Å². The Morgan fingerprint density at radius 1 is 1.38 bits per heavy atom. The number of carbonyl (C=O) groups is 1. The number of piperidine rings is 1. The van der Waals surface area contributed by atoms with Gasteiger partial charge in [0.05, 0.1) is 11.5 Å². The van der Waals surface area contributed by atoms with E-state index >= 15 is 0 Å². The molecule has 5 nitrogen and oxygen atoms in total. The van der Waals surface area contributed by atoms with Crippen LogP contribution in [0.5, 0.6) is 0 Å². The minimum atomic E-state index is -0.387. The van der Waals surface area contributed by atoms with E-state index in [2.05, 4.69) is 10.2 Å². The summed E-state index contributed by atoms with van der Waals surface area (Å²) in [6, 6.07) is 6.30. The maximum atomic E-state index is 13.7. The van der Waals surface area contributed by atoms with Crippen LogP contribution in [0.2, 0.25) is 0 Å². The van der Waals surface area contributed by atoms with Gasteiger partial charge in [0.1, 0.15) is 5.82 Å². The Hall–Kier alpha value is -2.24. The van der Waals surface area contributed by atoms with Gasteiger partial charge in [-0.25, -0.2) is 4.39 Å². The highest BCUT2D eigenvalue weighted by atomic mass is 19.1. The number of hydrogen-bond donors (Lipinski definition) is 0. The minimum Gasteiger partial charge on any atom is -0.420 e. The quantitative estimate of drug-likeness (QED) is 0.852. The minimum absolute atomic E-state index is 0.0238. The van der Waals surface area contributed by atoms with Crippen LogP contribution in [0.4, 0.5) is 4.39 Å². The molecule has 2 heterocycles. The van der Waals surface area contributed by atoms with Gasteiger partial charge >= 0.3 is 0 Å². The van der Waals surface area contributed by atoms with Crippen molar-refractivity contribution >= 4 is 5.91 Å². The zero-order valence-corrected chi connectivity index (χ0v) is 11.8. The van der Waals surface area contributed by atoms with E-state index in [0.717, 1.165) is 19.4 Å². The molecule has 21 heavy (non-hydrogen) atoms. The van der Waals surface area contributed by atoms with Crippen LogP contribution < -0.4 is 0 Å². The molecule has 0 radical (unpaired) electrons. The van der Waals surface area contributed by atoms with Crippen LogP contribution in [-0.2, 0) is 4.79 Å². The molecule has 1 saturated heterocycles. The van der Waals surface area contributed by atoms with E-state index in [-0.39, 0.29) is 23.5 Å². The lowest BCUT2D eigenvalue weighted by Gasteiger charge is -2.30. The largest absolute Gasteiger partial charge is 0.420 e. The lowest BCUT2D eigenvalue weighted by molar-refractivity contribution is -0.130. The molecule has 1 aromatic carbocycles. The van der Waals surface area contributed by atoms with Gasteiger partial charge < -0.3 is 9.32 Å². The standard InChI is InChI=1S/C15H16FN3O2/c1-10(20)19-8-4-5-11(9-19)14-17-18-15(21-14)12-6-2-3-7-13(12)16/h2-3,6-7,11H,4-5,8-9H2,1H3/t11-/m0/s1. The predicted molar refractivity (Wildman–Crippen MR) is 73.9 cm³/mol. The van der Waals surface area contributed by atoms with Gasteiger partial charge in [0.15, 0.2) is 0 Å². The first-order valence-corrected chi connectivity index (χ1v) is 6.99. The van der Waals surface area contributed by atoms with Gasteiger partial charge in [-0.3, -0.25) is 4.79 Å². The van der Waals surface area contributed by atoms with Crippen LogP contribution in [0, 0.1) is 5.82 Å². The number of hydrogen-bond acceptors (Lipinski definition) is 4. The van der Waals surface area contributed by atoms with Crippen molar-refractivity contribution in [1.29, 1.82) is 0 Å². The molecule has 1 aromatic heterocycles. The highest BCUT2D eigenvalue weighted by Crippen LogP contribution is 2.29. The molecule has 1 aliphatic rings. The smallest absolute Gasteiger partial charge is 0.250 e. The molecule has 2 aromatic rings. The van der Waals surface area contributed by atoms with E-state index in [1.165, 1.54) is 6.07 Å². The molecule has 1 amide bonds. The average Bonchev–Trinajstić information content (AvgIpc) is 2.97. The van der Waals surface area contributed by atoms with Gasteiger partial charge in [-0.2, -0.15) is 0 Å². The normalized spacial score (nSPS) is 18.8. The maximum absolute atomic E-state index is 13.7. The number of nitrogens with zero attached hydrogens (tertiary/aromatic N) is 3. The van der Waals surface area contributed by atoms with Crippen molar-refractivity contribution in [3.8, 4) is 11.5 Å². The van der Waals surface area contributed by atoms with Crippen molar-refractivity contribution < 1.29 is 13.6 Å². The summed E-state index contributed by atoms with van der Waals surface area (Å²) >= 11 is 0. The zero-order valence-electron chi connectivity index (χ0n) is 11.8. The van der Waals surface area contributed by atoms with Crippen molar-refractivity contribution in [1.82, 2.24) is 15.1 Å². The lowest BCUT2D eigenvalue weighted by atomic mass is 9.98. The third kappa shape index (κ3) is 2.79. The van der Waals surface area contributed by atoms with E-state index in [1.54, 1.807) is 30.0 Å². The Bertz CT molecular complexity index is 656. The molecule has 3 rings (SSSR count). The monoisotopic (exact) mass is 289 g/mol. The van der Waals surface area contributed by atoms with Crippen molar-refractivity contribution in [2.24, 2.45) is 0 Å².